The van der Waals surface area contributed by atoms with E-state index in [1.165, 1.54) is 18.5 Å². The first kappa shape index (κ1) is 7.56. The van der Waals surface area contributed by atoms with Crippen LogP contribution in [0.3, 0.4) is 0 Å². The molecule has 0 amide bonds. The summed E-state index contributed by atoms with van der Waals surface area (Å²) >= 11 is 0. The summed E-state index contributed by atoms with van der Waals surface area (Å²) in [6, 6.07) is 2.15. The highest BCUT2D eigenvalue weighted by molar-refractivity contribution is 5.15. The Kier molecular flexibility index (Phi) is 1.50. The molecule has 13 heavy (non-hydrogen) atoms. The second kappa shape index (κ2) is 2.58. The van der Waals surface area contributed by atoms with Crippen LogP contribution in [0.5, 0.6) is 0 Å². The molecular weight excluding hydrogens is 164 g/mol. The maximum Gasteiger partial charge on any atom is 0.123 e. The van der Waals surface area contributed by atoms with Gasteiger partial charge in [0.25, 0.3) is 0 Å². The third-order valence-electron chi connectivity index (χ3n) is 2.72. The predicted octanol–water partition coefficient (Wildman–Crippen LogP) is 1.67. The molecule has 3 heteroatoms. The van der Waals surface area contributed by atoms with Gasteiger partial charge in [-0.25, -0.2) is 0 Å². The van der Waals surface area contributed by atoms with Crippen molar-refractivity contribution in [2.24, 2.45) is 5.92 Å². The van der Waals surface area contributed by atoms with Crippen molar-refractivity contribution < 1.29 is 4.74 Å². The van der Waals surface area contributed by atoms with Crippen molar-refractivity contribution >= 4 is 0 Å². The Morgan fingerprint density at radius 1 is 1.62 bits per heavy atom. The third-order valence-corrected chi connectivity index (χ3v) is 2.72. The van der Waals surface area contributed by atoms with Crippen LogP contribution in [0.15, 0.2) is 6.07 Å². The Morgan fingerprint density at radius 3 is 3.00 bits per heavy atom. The van der Waals surface area contributed by atoms with E-state index in [0.29, 0.717) is 6.10 Å². The van der Waals surface area contributed by atoms with Gasteiger partial charge in [0, 0.05) is 6.54 Å². The van der Waals surface area contributed by atoms with E-state index in [1.54, 1.807) is 0 Å². The van der Waals surface area contributed by atoms with Gasteiger partial charge >= 0.3 is 0 Å². The molecule has 3 rings (SSSR count). The van der Waals surface area contributed by atoms with Crippen molar-refractivity contribution in [3.05, 3.63) is 17.5 Å². The maximum atomic E-state index is 5.29. The van der Waals surface area contributed by atoms with Crippen LogP contribution in [0.2, 0.25) is 0 Å². The second-order valence-electron chi connectivity index (χ2n) is 4.16. The number of ether oxygens (including phenoxy) is 1. The van der Waals surface area contributed by atoms with Crippen LogP contribution < -0.4 is 0 Å². The fourth-order valence-electron chi connectivity index (χ4n) is 1.73. The van der Waals surface area contributed by atoms with Crippen LogP contribution in [0.25, 0.3) is 0 Å². The van der Waals surface area contributed by atoms with Crippen LogP contribution in [-0.2, 0) is 11.3 Å². The molecule has 0 radical (unpaired) electrons. The van der Waals surface area contributed by atoms with Crippen molar-refractivity contribution in [3.8, 4) is 0 Å². The first-order valence-corrected chi connectivity index (χ1v) is 4.99. The number of aryl methyl sites for hydroxylation is 1. The molecule has 1 aliphatic heterocycles. The minimum Gasteiger partial charge on any atom is -0.366 e. The van der Waals surface area contributed by atoms with E-state index in [4.69, 9.17) is 4.74 Å². The molecule has 1 aliphatic carbocycles. The molecule has 0 spiro atoms. The van der Waals surface area contributed by atoms with Gasteiger partial charge in [0.15, 0.2) is 0 Å². The molecule has 0 aromatic carbocycles. The zero-order valence-corrected chi connectivity index (χ0v) is 7.86. The number of rotatable bonds is 3. The normalized spacial score (nSPS) is 26.4. The Bertz CT molecular complexity index is 324. The molecule has 2 aliphatic rings. The van der Waals surface area contributed by atoms with Gasteiger partial charge < -0.3 is 4.74 Å². The number of epoxide rings is 1. The Balaban J connectivity index is 1.86. The molecule has 0 unspecified atom stereocenters. The van der Waals surface area contributed by atoms with E-state index in [-0.39, 0.29) is 0 Å². The fraction of sp³-hybridized carbons (Fsp3) is 0.700. The minimum atomic E-state index is 0.347. The molecule has 1 atom stereocenters. The largest absolute Gasteiger partial charge is 0.366 e. The lowest BCUT2D eigenvalue weighted by Gasteiger charge is -2.02. The number of hydrogen-bond donors (Lipinski definition) is 0. The van der Waals surface area contributed by atoms with E-state index in [1.807, 2.05) is 0 Å². The van der Waals surface area contributed by atoms with E-state index in [0.717, 1.165) is 24.8 Å². The fourth-order valence-corrected chi connectivity index (χ4v) is 1.73. The van der Waals surface area contributed by atoms with Gasteiger partial charge in [-0.1, -0.05) is 0 Å². The standard InChI is InChI=1S/C10H14N2O/c1-7-4-9(10-6-13-10)12(11-7)5-8-2-3-8/h4,8,10H,2-3,5-6H2,1H3/t10-/m1/s1. The maximum absolute atomic E-state index is 5.29. The van der Waals surface area contributed by atoms with Crippen LogP contribution in [0.4, 0.5) is 0 Å². The summed E-state index contributed by atoms with van der Waals surface area (Å²) in [6.07, 6.45) is 3.10. The first-order valence-electron chi connectivity index (χ1n) is 4.99. The Hall–Kier alpha value is -0.830. The molecule has 0 N–H and O–H groups in total. The summed E-state index contributed by atoms with van der Waals surface area (Å²) in [6.45, 7) is 4.04. The zero-order chi connectivity index (χ0) is 8.84. The summed E-state index contributed by atoms with van der Waals surface area (Å²) < 4.78 is 7.43. The van der Waals surface area contributed by atoms with Crippen LogP contribution in [0.1, 0.15) is 30.3 Å². The van der Waals surface area contributed by atoms with Gasteiger partial charge in [-0.3, -0.25) is 4.68 Å². The van der Waals surface area contributed by atoms with Crippen molar-refractivity contribution in [2.45, 2.75) is 32.4 Å². The quantitative estimate of drug-likeness (QED) is 0.659. The molecule has 1 saturated heterocycles. The van der Waals surface area contributed by atoms with Crippen molar-refractivity contribution in [2.75, 3.05) is 6.61 Å². The third kappa shape index (κ3) is 1.48. The molecular formula is C10H14N2O. The molecule has 0 bridgehead atoms. The summed E-state index contributed by atoms with van der Waals surface area (Å²) in [5.74, 6) is 0.886. The van der Waals surface area contributed by atoms with Crippen molar-refractivity contribution in [1.82, 2.24) is 9.78 Å². The summed E-state index contributed by atoms with van der Waals surface area (Å²) in [5.41, 5.74) is 2.40. The lowest BCUT2D eigenvalue weighted by atomic mass is 10.3. The lowest BCUT2D eigenvalue weighted by molar-refractivity contribution is 0.395. The molecule has 1 aromatic rings. The summed E-state index contributed by atoms with van der Waals surface area (Å²) in [5, 5.41) is 4.49. The number of hydrogen-bond acceptors (Lipinski definition) is 2. The molecule has 3 nitrogen and oxygen atoms in total. The number of aromatic nitrogens is 2. The van der Waals surface area contributed by atoms with E-state index < -0.39 is 0 Å². The zero-order valence-electron chi connectivity index (χ0n) is 7.86. The van der Waals surface area contributed by atoms with Crippen molar-refractivity contribution in [3.63, 3.8) is 0 Å². The number of nitrogens with zero attached hydrogens (tertiary/aromatic N) is 2. The SMILES string of the molecule is Cc1cc([C@H]2CO2)n(CC2CC2)n1. The summed E-state index contributed by atoms with van der Waals surface area (Å²) in [7, 11) is 0. The molecule has 2 fully saturated rings. The van der Waals surface area contributed by atoms with Crippen LogP contribution >= 0.6 is 0 Å². The average molecular weight is 178 g/mol. The lowest BCUT2D eigenvalue weighted by Crippen LogP contribution is -2.05. The summed E-state index contributed by atoms with van der Waals surface area (Å²) in [4.78, 5) is 0. The highest BCUT2D eigenvalue weighted by atomic mass is 16.6. The van der Waals surface area contributed by atoms with E-state index >= 15 is 0 Å². The van der Waals surface area contributed by atoms with E-state index in [9.17, 15) is 0 Å². The van der Waals surface area contributed by atoms with E-state index in [2.05, 4.69) is 22.8 Å². The highest BCUT2D eigenvalue weighted by Crippen LogP contribution is 2.34. The van der Waals surface area contributed by atoms with Crippen molar-refractivity contribution in [1.29, 1.82) is 0 Å². The second-order valence-corrected chi connectivity index (χ2v) is 4.16. The van der Waals surface area contributed by atoms with Crippen LogP contribution in [0, 0.1) is 12.8 Å². The average Bonchev–Trinajstić information content (AvgIpc) is 2.94. The van der Waals surface area contributed by atoms with Gasteiger partial charge in [-0.15, -0.1) is 0 Å². The topological polar surface area (TPSA) is 30.4 Å². The smallest absolute Gasteiger partial charge is 0.123 e. The van der Waals surface area contributed by atoms with Crippen LogP contribution in [-0.4, -0.2) is 16.4 Å². The molecule has 1 aromatic heterocycles. The molecule has 2 heterocycles. The van der Waals surface area contributed by atoms with Gasteiger partial charge in [0.2, 0.25) is 0 Å². The highest BCUT2D eigenvalue weighted by Gasteiger charge is 2.31. The predicted molar refractivity (Wildman–Crippen MR) is 48.4 cm³/mol. The van der Waals surface area contributed by atoms with Gasteiger partial charge in [0.1, 0.15) is 6.10 Å². The first-order chi connectivity index (χ1) is 6.33. The minimum absolute atomic E-state index is 0.347. The molecule has 1 saturated carbocycles. The Labute approximate surface area is 77.7 Å². The molecule has 70 valence electrons. The van der Waals surface area contributed by atoms with Gasteiger partial charge in [0.05, 0.1) is 18.0 Å². The van der Waals surface area contributed by atoms with Gasteiger partial charge in [-0.05, 0) is 31.7 Å². The Morgan fingerprint density at radius 2 is 2.38 bits per heavy atom. The van der Waals surface area contributed by atoms with Gasteiger partial charge in [-0.2, -0.15) is 5.10 Å². The monoisotopic (exact) mass is 178 g/mol.